The number of methoxy groups -OCH3 is 2. The SMILES string of the molecule is COc1cc2nc(N3CCC[C@@H](N)C3)nc(N)c2cc1OC. The summed E-state index contributed by atoms with van der Waals surface area (Å²) in [6, 6.07) is 3.77. The van der Waals surface area contributed by atoms with Crippen molar-refractivity contribution in [1.82, 2.24) is 9.97 Å². The van der Waals surface area contributed by atoms with E-state index in [0.717, 1.165) is 36.8 Å². The van der Waals surface area contributed by atoms with Gasteiger partial charge >= 0.3 is 0 Å². The lowest BCUT2D eigenvalue weighted by Gasteiger charge is -2.31. The normalized spacial score (nSPS) is 18.5. The largest absolute Gasteiger partial charge is 0.493 e. The number of anilines is 2. The van der Waals surface area contributed by atoms with Gasteiger partial charge in [-0.25, -0.2) is 4.98 Å². The second-order valence-electron chi connectivity index (χ2n) is 5.48. The third-order valence-corrected chi connectivity index (χ3v) is 3.96. The van der Waals surface area contributed by atoms with Gasteiger partial charge < -0.3 is 25.8 Å². The molecule has 1 atom stereocenters. The number of piperidine rings is 1. The second-order valence-corrected chi connectivity index (χ2v) is 5.48. The molecule has 0 saturated carbocycles. The van der Waals surface area contributed by atoms with Crippen molar-refractivity contribution in [3.8, 4) is 11.5 Å². The molecule has 7 heteroatoms. The van der Waals surface area contributed by atoms with Crippen molar-refractivity contribution in [3.05, 3.63) is 12.1 Å². The van der Waals surface area contributed by atoms with Crippen molar-refractivity contribution in [2.45, 2.75) is 18.9 Å². The van der Waals surface area contributed by atoms with E-state index in [4.69, 9.17) is 20.9 Å². The average Bonchev–Trinajstić information content (AvgIpc) is 2.53. The molecule has 2 heterocycles. The predicted molar refractivity (Wildman–Crippen MR) is 86.5 cm³/mol. The van der Waals surface area contributed by atoms with Crippen LogP contribution in [0.1, 0.15) is 12.8 Å². The maximum absolute atomic E-state index is 6.11. The van der Waals surface area contributed by atoms with Gasteiger partial charge in [0.25, 0.3) is 0 Å². The lowest BCUT2D eigenvalue weighted by Crippen LogP contribution is -2.43. The van der Waals surface area contributed by atoms with Gasteiger partial charge in [0.05, 0.1) is 19.7 Å². The third kappa shape index (κ3) is 2.59. The third-order valence-electron chi connectivity index (χ3n) is 3.96. The van der Waals surface area contributed by atoms with Crippen LogP contribution in [-0.4, -0.2) is 43.3 Å². The maximum Gasteiger partial charge on any atom is 0.227 e. The van der Waals surface area contributed by atoms with Crippen LogP contribution < -0.4 is 25.8 Å². The van der Waals surface area contributed by atoms with Gasteiger partial charge in [0.1, 0.15) is 5.82 Å². The molecule has 0 amide bonds. The van der Waals surface area contributed by atoms with Crippen LogP contribution in [0.25, 0.3) is 10.9 Å². The molecule has 0 radical (unpaired) electrons. The molecule has 1 fully saturated rings. The van der Waals surface area contributed by atoms with Crippen molar-refractivity contribution in [2.24, 2.45) is 5.73 Å². The van der Waals surface area contributed by atoms with Crippen LogP contribution in [0.5, 0.6) is 11.5 Å². The molecule has 4 N–H and O–H groups in total. The minimum absolute atomic E-state index is 0.152. The number of rotatable bonds is 3. The van der Waals surface area contributed by atoms with Gasteiger partial charge in [-0.3, -0.25) is 0 Å². The summed E-state index contributed by atoms with van der Waals surface area (Å²) in [6.07, 6.45) is 2.07. The standard InChI is InChI=1S/C15H21N5O2/c1-21-12-6-10-11(7-13(12)22-2)18-15(19-14(10)17)20-5-3-4-9(16)8-20/h6-7,9H,3-5,8,16H2,1-2H3,(H2,17,18,19)/t9-/m1/s1. The number of nitrogen functional groups attached to an aromatic ring is 1. The van der Waals surface area contributed by atoms with E-state index in [0.29, 0.717) is 23.3 Å². The molecule has 0 aliphatic carbocycles. The van der Waals surface area contributed by atoms with Crippen molar-refractivity contribution in [3.63, 3.8) is 0 Å². The first kappa shape index (κ1) is 14.6. The first-order valence-electron chi connectivity index (χ1n) is 7.32. The Hall–Kier alpha value is -2.28. The fourth-order valence-corrected chi connectivity index (χ4v) is 2.80. The molecule has 1 aliphatic rings. The van der Waals surface area contributed by atoms with Gasteiger partial charge in [0.15, 0.2) is 11.5 Å². The highest BCUT2D eigenvalue weighted by Gasteiger charge is 2.20. The quantitative estimate of drug-likeness (QED) is 0.877. The monoisotopic (exact) mass is 303 g/mol. The number of hydrogen-bond donors (Lipinski definition) is 2. The zero-order chi connectivity index (χ0) is 15.7. The van der Waals surface area contributed by atoms with E-state index in [2.05, 4.69) is 14.9 Å². The Labute approximate surface area is 129 Å². The zero-order valence-electron chi connectivity index (χ0n) is 12.9. The molecule has 1 aliphatic heterocycles. The Morgan fingerprint density at radius 2 is 1.91 bits per heavy atom. The van der Waals surface area contributed by atoms with E-state index in [1.807, 2.05) is 6.07 Å². The molecule has 1 saturated heterocycles. The van der Waals surface area contributed by atoms with Crippen LogP contribution in [0, 0.1) is 0 Å². The maximum atomic E-state index is 6.11. The van der Waals surface area contributed by atoms with E-state index < -0.39 is 0 Å². The summed E-state index contributed by atoms with van der Waals surface area (Å²) in [5.74, 6) is 2.28. The van der Waals surface area contributed by atoms with Crippen molar-refractivity contribution < 1.29 is 9.47 Å². The van der Waals surface area contributed by atoms with Crippen LogP contribution in [0.3, 0.4) is 0 Å². The molecule has 2 aromatic rings. The van der Waals surface area contributed by atoms with Crippen LogP contribution >= 0.6 is 0 Å². The Balaban J connectivity index is 2.07. The number of nitrogens with two attached hydrogens (primary N) is 2. The van der Waals surface area contributed by atoms with E-state index in [1.165, 1.54) is 0 Å². The molecule has 0 spiro atoms. The molecule has 3 rings (SSSR count). The summed E-state index contributed by atoms with van der Waals surface area (Å²) >= 11 is 0. The molecule has 1 aromatic heterocycles. The molecule has 0 unspecified atom stereocenters. The van der Waals surface area contributed by atoms with Crippen LogP contribution in [0.4, 0.5) is 11.8 Å². The molecule has 7 nitrogen and oxygen atoms in total. The molecule has 22 heavy (non-hydrogen) atoms. The van der Waals surface area contributed by atoms with E-state index >= 15 is 0 Å². The Morgan fingerprint density at radius 1 is 1.18 bits per heavy atom. The summed E-state index contributed by atoms with van der Waals surface area (Å²) in [7, 11) is 3.18. The minimum atomic E-state index is 0.152. The Kier molecular flexibility index (Phi) is 3.89. The number of benzene rings is 1. The highest BCUT2D eigenvalue weighted by Crippen LogP contribution is 2.34. The van der Waals surface area contributed by atoms with E-state index in [9.17, 15) is 0 Å². The van der Waals surface area contributed by atoms with Gasteiger partial charge in [0, 0.05) is 30.6 Å². The van der Waals surface area contributed by atoms with Gasteiger partial charge in [-0.05, 0) is 18.9 Å². The van der Waals surface area contributed by atoms with E-state index in [-0.39, 0.29) is 6.04 Å². The summed E-state index contributed by atoms with van der Waals surface area (Å²) in [4.78, 5) is 11.1. The topological polar surface area (TPSA) is 99.5 Å². The van der Waals surface area contributed by atoms with Crippen molar-refractivity contribution in [2.75, 3.05) is 37.9 Å². The Bertz CT molecular complexity index is 691. The molecule has 118 valence electrons. The second kappa shape index (κ2) is 5.84. The summed E-state index contributed by atoms with van der Waals surface area (Å²) in [6.45, 7) is 1.64. The molecule has 0 bridgehead atoms. The van der Waals surface area contributed by atoms with Crippen molar-refractivity contribution in [1.29, 1.82) is 0 Å². The van der Waals surface area contributed by atoms with Crippen LogP contribution in [-0.2, 0) is 0 Å². The highest BCUT2D eigenvalue weighted by atomic mass is 16.5. The van der Waals surface area contributed by atoms with Crippen molar-refractivity contribution >= 4 is 22.7 Å². The predicted octanol–water partition coefficient (Wildman–Crippen LogP) is 1.16. The number of aromatic nitrogens is 2. The lowest BCUT2D eigenvalue weighted by molar-refractivity contribution is 0.356. The number of hydrogen-bond acceptors (Lipinski definition) is 7. The smallest absolute Gasteiger partial charge is 0.227 e. The molecular weight excluding hydrogens is 282 g/mol. The highest BCUT2D eigenvalue weighted by molar-refractivity contribution is 5.91. The Morgan fingerprint density at radius 3 is 2.59 bits per heavy atom. The first-order chi connectivity index (χ1) is 10.6. The zero-order valence-corrected chi connectivity index (χ0v) is 12.9. The van der Waals surface area contributed by atoms with Crippen LogP contribution in [0.15, 0.2) is 12.1 Å². The van der Waals surface area contributed by atoms with Gasteiger partial charge in [-0.15, -0.1) is 0 Å². The van der Waals surface area contributed by atoms with Gasteiger partial charge in [-0.1, -0.05) is 0 Å². The number of ether oxygens (including phenoxy) is 2. The summed E-state index contributed by atoms with van der Waals surface area (Å²) in [5, 5.41) is 0.753. The summed E-state index contributed by atoms with van der Waals surface area (Å²) in [5.41, 5.74) is 12.9. The molecular formula is C15H21N5O2. The van der Waals surface area contributed by atoms with Gasteiger partial charge in [-0.2, -0.15) is 4.98 Å². The summed E-state index contributed by atoms with van der Waals surface area (Å²) < 4.78 is 10.6. The first-order valence-corrected chi connectivity index (χ1v) is 7.32. The molecule has 1 aromatic carbocycles. The number of fused-ring (bicyclic) bond motifs is 1. The van der Waals surface area contributed by atoms with E-state index in [1.54, 1.807) is 20.3 Å². The average molecular weight is 303 g/mol. The fraction of sp³-hybridized carbons (Fsp3) is 0.467. The number of nitrogens with zero attached hydrogens (tertiary/aromatic N) is 3. The minimum Gasteiger partial charge on any atom is -0.493 e. The lowest BCUT2D eigenvalue weighted by atomic mass is 10.1. The van der Waals surface area contributed by atoms with Gasteiger partial charge in [0.2, 0.25) is 5.95 Å². The fourth-order valence-electron chi connectivity index (χ4n) is 2.80. The van der Waals surface area contributed by atoms with Crippen LogP contribution in [0.2, 0.25) is 0 Å².